The molecule has 1 aliphatic heterocycles. The molecule has 0 aliphatic carbocycles. The van der Waals surface area contributed by atoms with Crippen LogP contribution in [0.4, 0.5) is 0 Å². The first-order valence-electron chi connectivity index (χ1n) is 9.36. The van der Waals surface area contributed by atoms with E-state index in [1.165, 1.54) is 12.0 Å². The first kappa shape index (κ1) is 20.6. The zero-order chi connectivity index (χ0) is 19.0. The summed E-state index contributed by atoms with van der Waals surface area (Å²) in [7, 11) is 1.73. The Balaban J connectivity index is 1.78. The summed E-state index contributed by atoms with van der Waals surface area (Å²) in [6.07, 6.45) is 4.35. The maximum Gasteiger partial charge on any atom is 0.241 e. The molecule has 26 heavy (non-hydrogen) atoms. The van der Waals surface area contributed by atoms with Crippen molar-refractivity contribution in [2.45, 2.75) is 39.5 Å². The summed E-state index contributed by atoms with van der Waals surface area (Å²) in [5.74, 6) is 0.806. The Bertz CT molecular complexity index is 624. The van der Waals surface area contributed by atoms with Gasteiger partial charge in [0, 0.05) is 31.7 Å². The standard InChI is InChI=1S/C20H31ClN4O/c1-20(2,13-16-8-7-9-17(21)12-16)15-24-19(22-3)23-14-18(26)25-10-5-4-6-11-25/h7-9,12H,4-6,10-11,13-15H2,1-3H3,(H2,22,23,24). The van der Waals surface area contributed by atoms with Gasteiger partial charge in [0.2, 0.25) is 5.91 Å². The van der Waals surface area contributed by atoms with E-state index in [1.807, 2.05) is 23.1 Å². The predicted octanol–water partition coefficient (Wildman–Crippen LogP) is 3.09. The Hall–Kier alpha value is -1.75. The van der Waals surface area contributed by atoms with Crippen molar-refractivity contribution in [2.75, 3.05) is 33.2 Å². The molecule has 2 N–H and O–H groups in total. The van der Waals surface area contributed by atoms with Crippen LogP contribution in [0.15, 0.2) is 29.3 Å². The van der Waals surface area contributed by atoms with Gasteiger partial charge < -0.3 is 15.5 Å². The predicted molar refractivity (Wildman–Crippen MR) is 109 cm³/mol. The van der Waals surface area contributed by atoms with Crippen LogP contribution in [-0.2, 0) is 11.2 Å². The smallest absolute Gasteiger partial charge is 0.241 e. The van der Waals surface area contributed by atoms with Gasteiger partial charge in [-0.3, -0.25) is 9.79 Å². The van der Waals surface area contributed by atoms with Crippen LogP contribution in [-0.4, -0.2) is 50.0 Å². The average Bonchev–Trinajstić information content (AvgIpc) is 2.62. The van der Waals surface area contributed by atoms with Gasteiger partial charge in [-0.05, 0) is 48.8 Å². The lowest BCUT2D eigenvalue weighted by atomic mass is 9.86. The van der Waals surface area contributed by atoms with E-state index in [0.29, 0.717) is 5.96 Å². The quantitative estimate of drug-likeness (QED) is 0.590. The van der Waals surface area contributed by atoms with E-state index in [2.05, 4.69) is 35.5 Å². The highest BCUT2D eigenvalue weighted by atomic mass is 35.5. The number of carbonyl (C=O) groups is 1. The summed E-state index contributed by atoms with van der Waals surface area (Å²) in [4.78, 5) is 18.4. The van der Waals surface area contributed by atoms with Gasteiger partial charge >= 0.3 is 0 Å². The van der Waals surface area contributed by atoms with Crippen LogP contribution in [0, 0.1) is 5.41 Å². The molecule has 0 saturated carbocycles. The van der Waals surface area contributed by atoms with E-state index in [-0.39, 0.29) is 17.9 Å². The van der Waals surface area contributed by atoms with Crippen LogP contribution in [0.1, 0.15) is 38.7 Å². The Morgan fingerprint density at radius 1 is 1.23 bits per heavy atom. The zero-order valence-corrected chi connectivity index (χ0v) is 16.9. The highest BCUT2D eigenvalue weighted by molar-refractivity contribution is 6.30. The van der Waals surface area contributed by atoms with Gasteiger partial charge in [0.15, 0.2) is 5.96 Å². The minimum atomic E-state index is 0.0270. The molecular weight excluding hydrogens is 348 g/mol. The zero-order valence-electron chi connectivity index (χ0n) is 16.1. The number of halogens is 1. The topological polar surface area (TPSA) is 56.7 Å². The SMILES string of the molecule is CN=C(NCC(=O)N1CCCCC1)NCC(C)(C)Cc1cccc(Cl)c1. The molecule has 0 bridgehead atoms. The summed E-state index contributed by atoms with van der Waals surface area (Å²) in [6, 6.07) is 7.97. The van der Waals surface area contributed by atoms with Gasteiger partial charge in [-0.2, -0.15) is 0 Å². The minimum absolute atomic E-state index is 0.0270. The molecule has 6 heteroatoms. The van der Waals surface area contributed by atoms with E-state index in [1.54, 1.807) is 7.05 Å². The van der Waals surface area contributed by atoms with Crippen LogP contribution >= 0.6 is 11.6 Å². The molecule has 0 atom stereocenters. The molecule has 0 unspecified atom stereocenters. The van der Waals surface area contributed by atoms with Crippen molar-refractivity contribution in [3.63, 3.8) is 0 Å². The number of benzene rings is 1. The molecule has 1 aromatic rings. The molecule has 1 saturated heterocycles. The lowest BCUT2D eigenvalue weighted by Crippen LogP contribution is -2.47. The van der Waals surface area contributed by atoms with E-state index < -0.39 is 0 Å². The fourth-order valence-corrected chi connectivity index (χ4v) is 3.43. The van der Waals surface area contributed by atoms with Gasteiger partial charge in [0.1, 0.15) is 0 Å². The summed E-state index contributed by atoms with van der Waals surface area (Å²) in [6.45, 7) is 7.18. The third-order valence-electron chi connectivity index (χ3n) is 4.65. The van der Waals surface area contributed by atoms with Crippen molar-refractivity contribution in [1.29, 1.82) is 0 Å². The molecule has 0 aromatic heterocycles. The third-order valence-corrected chi connectivity index (χ3v) is 4.88. The van der Waals surface area contributed by atoms with Gasteiger partial charge in [-0.25, -0.2) is 0 Å². The summed E-state index contributed by atoms with van der Waals surface area (Å²) < 4.78 is 0. The Kier molecular flexibility index (Phi) is 7.76. The highest BCUT2D eigenvalue weighted by Crippen LogP contribution is 2.22. The molecule has 1 fully saturated rings. The number of amides is 1. The highest BCUT2D eigenvalue weighted by Gasteiger charge is 2.20. The largest absolute Gasteiger partial charge is 0.356 e. The minimum Gasteiger partial charge on any atom is -0.356 e. The van der Waals surface area contributed by atoms with Crippen LogP contribution in [0.3, 0.4) is 0 Å². The number of nitrogens with zero attached hydrogens (tertiary/aromatic N) is 2. The van der Waals surface area contributed by atoms with Crippen LogP contribution < -0.4 is 10.6 Å². The fraction of sp³-hybridized carbons (Fsp3) is 0.600. The number of piperidine rings is 1. The lowest BCUT2D eigenvalue weighted by molar-refractivity contribution is -0.130. The van der Waals surface area contributed by atoms with Crippen LogP contribution in [0.5, 0.6) is 0 Å². The second-order valence-electron chi connectivity index (χ2n) is 7.69. The van der Waals surface area contributed by atoms with Crippen LogP contribution in [0.25, 0.3) is 0 Å². The first-order valence-corrected chi connectivity index (χ1v) is 9.74. The maximum atomic E-state index is 12.3. The molecule has 0 spiro atoms. The Morgan fingerprint density at radius 3 is 2.62 bits per heavy atom. The van der Waals surface area contributed by atoms with Crippen molar-refractivity contribution in [1.82, 2.24) is 15.5 Å². The molecule has 0 radical (unpaired) electrons. The van der Waals surface area contributed by atoms with Crippen molar-refractivity contribution < 1.29 is 4.79 Å². The second-order valence-corrected chi connectivity index (χ2v) is 8.13. The normalized spacial score (nSPS) is 15.7. The third kappa shape index (κ3) is 6.87. The number of likely N-dealkylation sites (tertiary alicyclic amines) is 1. The van der Waals surface area contributed by atoms with E-state index in [9.17, 15) is 4.79 Å². The Labute approximate surface area is 162 Å². The lowest BCUT2D eigenvalue weighted by Gasteiger charge is -2.28. The van der Waals surface area contributed by atoms with Crippen molar-refractivity contribution >= 4 is 23.5 Å². The average molecular weight is 379 g/mol. The fourth-order valence-electron chi connectivity index (χ4n) is 3.22. The summed E-state index contributed by atoms with van der Waals surface area (Å²) in [5.41, 5.74) is 1.24. The number of carbonyl (C=O) groups excluding carboxylic acids is 1. The maximum absolute atomic E-state index is 12.3. The van der Waals surface area contributed by atoms with E-state index in [4.69, 9.17) is 11.6 Å². The monoisotopic (exact) mass is 378 g/mol. The van der Waals surface area contributed by atoms with E-state index in [0.717, 1.165) is 43.9 Å². The second kappa shape index (κ2) is 9.81. The molecule has 144 valence electrons. The van der Waals surface area contributed by atoms with Gasteiger partial charge in [0.05, 0.1) is 6.54 Å². The van der Waals surface area contributed by atoms with E-state index >= 15 is 0 Å². The molecule has 1 aromatic carbocycles. The molecule has 1 amide bonds. The Morgan fingerprint density at radius 2 is 1.96 bits per heavy atom. The van der Waals surface area contributed by atoms with Crippen LogP contribution in [0.2, 0.25) is 5.02 Å². The molecule has 2 rings (SSSR count). The summed E-state index contributed by atoms with van der Waals surface area (Å²) in [5, 5.41) is 7.24. The van der Waals surface area contributed by atoms with Gasteiger partial charge in [-0.1, -0.05) is 37.6 Å². The number of rotatable bonds is 6. The van der Waals surface area contributed by atoms with Crippen molar-refractivity contribution in [3.8, 4) is 0 Å². The number of aliphatic imine (C=N–C) groups is 1. The summed E-state index contributed by atoms with van der Waals surface area (Å²) >= 11 is 6.08. The first-order chi connectivity index (χ1) is 12.4. The van der Waals surface area contributed by atoms with Gasteiger partial charge in [-0.15, -0.1) is 0 Å². The number of hydrogen-bond acceptors (Lipinski definition) is 2. The van der Waals surface area contributed by atoms with Crippen molar-refractivity contribution in [3.05, 3.63) is 34.9 Å². The molecular formula is C20H31ClN4O. The van der Waals surface area contributed by atoms with Crippen molar-refractivity contribution in [2.24, 2.45) is 10.4 Å². The number of nitrogens with one attached hydrogen (secondary N) is 2. The molecule has 1 heterocycles. The number of guanidine groups is 1. The molecule has 1 aliphatic rings. The number of hydrogen-bond donors (Lipinski definition) is 2. The molecule has 5 nitrogen and oxygen atoms in total. The van der Waals surface area contributed by atoms with Gasteiger partial charge in [0.25, 0.3) is 0 Å².